The van der Waals surface area contributed by atoms with Gasteiger partial charge in [0.1, 0.15) is 6.61 Å². The predicted molar refractivity (Wildman–Crippen MR) is 84.9 cm³/mol. The van der Waals surface area contributed by atoms with Crippen molar-refractivity contribution in [3.05, 3.63) is 0 Å². The summed E-state index contributed by atoms with van der Waals surface area (Å²) in [6.45, 7) is 4.91. The molecule has 0 aliphatic carbocycles. The van der Waals surface area contributed by atoms with E-state index in [1.54, 1.807) is 0 Å². The Labute approximate surface area is 130 Å². The number of hydrogen-bond acceptors (Lipinski definition) is 4. The maximum atomic E-state index is 11.3. The molecule has 5 heteroatoms. The van der Waals surface area contributed by atoms with E-state index >= 15 is 0 Å². The van der Waals surface area contributed by atoms with Crippen molar-refractivity contribution >= 4 is 28.6 Å². The largest absolute Gasteiger partial charge is 0.463 e. The fraction of sp³-hybridized carbons (Fsp3) is 0.929. The first kappa shape index (κ1) is 19.1. The zero-order chi connectivity index (χ0) is 14.2. The first-order chi connectivity index (χ1) is 9.31. The molecule has 0 fully saturated rings. The van der Waals surface area contributed by atoms with Gasteiger partial charge in [-0.15, -0.1) is 0 Å². The summed E-state index contributed by atoms with van der Waals surface area (Å²) in [7, 11) is 0. The maximum absolute atomic E-state index is 11.3. The van der Waals surface area contributed by atoms with Gasteiger partial charge in [0.05, 0.1) is 26.4 Å². The van der Waals surface area contributed by atoms with Gasteiger partial charge in [-0.2, -0.15) is 0 Å². The Kier molecular flexibility index (Phi) is 16.3. The fourth-order valence-electron chi connectivity index (χ4n) is 1.54. The molecule has 0 radical (unpaired) electrons. The summed E-state index contributed by atoms with van der Waals surface area (Å²) in [4.78, 5) is 11.3. The number of ether oxygens (including phenoxy) is 3. The predicted octanol–water partition coefficient (Wildman–Crippen LogP) is 3.36. The van der Waals surface area contributed by atoms with Crippen LogP contribution in [-0.4, -0.2) is 43.4 Å². The van der Waals surface area contributed by atoms with Crippen molar-refractivity contribution in [1.82, 2.24) is 0 Å². The van der Waals surface area contributed by atoms with Crippen molar-refractivity contribution in [2.75, 3.05) is 37.5 Å². The summed E-state index contributed by atoms with van der Waals surface area (Å²) in [5, 5.41) is 0. The second-order valence-electron chi connectivity index (χ2n) is 4.30. The van der Waals surface area contributed by atoms with Crippen molar-refractivity contribution in [2.24, 2.45) is 0 Å². The topological polar surface area (TPSA) is 44.8 Å². The molecule has 0 rings (SSSR count). The van der Waals surface area contributed by atoms with Crippen molar-refractivity contribution in [1.29, 1.82) is 0 Å². The Hall–Kier alpha value is 0.120. The summed E-state index contributed by atoms with van der Waals surface area (Å²) in [5.74, 6) is -0.110. The summed E-state index contributed by atoms with van der Waals surface area (Å²) in [6.07, 6.45) is 6.27. The van der Waals surface area contributed by atoms with Crippen LogP contribution < -0.4 is 0 Å². The molecule has 0 aromatic carbocycles. The standard InChI is InChI=1S/C14H27IO4/c1-2-3-4-5-6-7-14(16)19-13-12-18-11-10-17-9-8-15/h2-13H2,1H3. The first-order valence-electron chi connectivity index (χ1n) is 7.18. The van der Waals surface area contributed by atoms with E-state index in [1.807, 2.05) is 0 Å². The molecule has 0 amide bonds. The smallest absolute Gasteiger partial charge is 0.305 e. The molecule has 0 aliphatic heterocycles. The van der Waals surface area contributed by atoms with Gasteiger partial charge in [0.2, 0.25) is 0 Å². The molecule has 0 bridgehead atoms. The summed E-state index contributed by atoms with van der Waals surface area (Å²) in [5.41, 5.74) is 0. The van der Waals surface area contributed by atoms with Crippen molar-refractivity contribution < 1.29 is 19.0 Å². The Bertz CT molecular complexity index is 200. The zero-order valence-electron chi connectivity index (χ0n) is 12.0. The summed E-state index contributed by atoms with van der Waals surface area (Å²) < 4.78 is 16.6. The molecule has 0 aliphatic rings. The molecule has 114 valence electrons. The normalized spacial score (nSPS) is 10.6. The van der Waals surface area contributed by atoms with Gasteiger partial charge in [-0.3, -0.25) is 4.79 Å². The third-order valence-corrected chi connectivity index (χ3v) is 3.01. The average molecular weight is 386 g/mol. The number of rotatable bonds is 14. The van der Waals surface area contributed by atoms with E-state index in [1.165, 1.54) is 19.3 Å². The lowest BCUT2D eigenvalue weighted by molar-refractivity contribution is -0.145. The summed E-state index contributed by atoms with van der Waals surface area (Å²) >= 11 is 2.26. The molecule has 0 N–H and O–H groups in total. The van der Waals surface area contributed by atoms with Gasteiger partial charge in [-0.05, 0) is 6.42 Å². The van der Waals surface area contributed by atoms with Gasteiger partial charge in [0, 0.05) is 10.8 Å². The quantitative estimate of drug-likeness (QED) is 0.199. The first-order valence-corrected chi connectivity index (χ1v) is 8.71. The average Bonchev–Trinajstić information content (AvgIpc) is 2.41. The monoisotopic (exact) mass is 386 g/mol. The molecule has 0 heterocycles. The molecule has 19 heavy (non-hydrogen) atoms. The Balaban J connectivity index is 3.12. The minimum atomic E-state index is -0.110. The van der Waals surface area contributed by atoms with Crippen LogP contribution >= 0.6 is 22.6 Å². The van der Waals surface area contributed by atoms with Gasteiger partial charge < -0.3 is 14.2 Å². The number of carbonyl (C=O) groups is 1. The van der Waals surface area contributed by atoms with Crippen LogP contribution in [0.3, 0.4) is 0 Å². The highest BCUT2D eigenvalue weighted by Crippen LogP contribution is 2.05. The SMILES string of the molecule is CCCCCCCC(=O)OCCOCCOCCI. The lowest BCUT2D eigenvalue weighted by atomic mass is 10.1. The van der Waals surface area contributed by atoms with Gasteiger partial charge in [-0.1, -0.05) is 55.2 Å². The van der Waals surface area contributed by atoms with Crippen molar-refractivity contribution in [3.8, 4) is 0 Å². The Morgan fingerprint density at radius 3 is 2.21 bits per heavy atom. The van der Waals surface area contributed by atoms with E-state index < -0.39 is 0 Å². The van der Waals surface area contributed by atoms with E-state index in [4.69, 9.17) is 14.2 Å². The molecule has 0 saturated heterocycles. The number of hydrogen-bond donors (Lipinski definition) is 0. The lowest BCUT2D eigenvalue weighted by Gasteiger charge is -2.06. The van der Waals surface area contributed by atoms with Gasteiger partial charge in [0.25, 0.3) is 0 Å². The zero-order valence-corrected chi connectivity index (χ0v) is 14.2. The second kappa shape index (κ2) is 16.2. The number of unbranched alkanes of at least 4 members (excludes halogenated alkanes) is 4. The molecular formula is C14H27IO4. The number of esters is 1. The minimum absolute atomic E-state index is 0.110. The Morgan fingerprint density at radius 2 is 1.53 bits per heavy atom. The van der Waals surface area contributed by atoms with E-state index in [0.717, 1.165) is 23.9 Å². The number of carbonyl (C=O) groups excluding carboxylic acids is 1. The third kappa shape index (κ3) is 16.1. The molecular weight excluding hydrogens is 359 g/mol. The minimum Gasteiger partial charge on any atom is -0.463 e. The lowest BCUT2D eigenvalue weighted by Crippen LogP contribution is -2.13. The van der Waals surface area contributed by atoms with Gasteiger partial charge >= 0.3 is 5.97 Å². The van der Waals surface area contributed by atoms with Crippen molar-refractivity contribution in [3.63, 3.8) is 0 Å². The fourth-order valence-corrected chi connectivity index (χ4v) is 1.85. The highest BCUT2D eigenvalue weighted by atomic mass is 127. The van der Waals surface area contributed by atoms with Crippen LogP contribution in [0.15, 0.2) is 0 Å². The molecule has 4 nitrogen and oxygen atoms in total. The highest BCUT2D eigenvalue weighted by molar-refractivity contribution is 14.1. The van der Waals surface area contributed by atoms with E-state index in [9.17, 15) is 4.79 Å². The van der Waals surface area contributed by atoms with Crippen LogP contribution in [0.1, 0.15) is 45.4 Å². The third-order valence-electron chi connectivity index (χ3n) is 2.57. The summed E-state index contributed by atoms with van der Waals surface area (Å²) in [6, 6.07) is 0. The van der Waals surface area contributed by atoms with Gasteiger partial charge in [-0.25, -0.2) is 0 Å². The molecule has 0 atom stereocenters. The van der Waals surface area contributed by atoms with Crippen LogP contribution in [0.5, 0.6) is 0 Å². The van der Waals surface area contributed by atoms with Crippen molar-refractivity contribution in [2.45, 2.75) is 45.4 Å². The molecule has 0 spiro atoms. The van der Waals surface area contributed by atoms with E-state index in [-0.39, 0.29) is 5.97 Å². The van der Waals surface area contributed by atoms with Crippen LogP contribution in [-0.2, 0) is 19.0 Å². The number of alkyl halides is 1. The van der Waals surface area contributed by atoms with Crippen LogP contribution in [0.4, 0.5) is 0 Å². The Morgan fingerprint density at radius 1 is 0.895 bits per heavy atom. The molecule has 0 aromatic heterocycles. The van der Waals surface area contributed by atoms with Crippen LogP contribution in [0.25, 0.3) is 0 Å². The van der Waals surface area contributed by atoms with E-state index in [0.29, 0.717) is 32.8 Å². The van der Waals surface area contributed by atoms with E-state index in [2.05, 4.69) is 29.5 Å². The molecule has 0 saturated carbocycles. The molecule has 0 aromatic rings. The van der Waals surface area contributed by atoms with Crippen LogP contribution in [0, 0.1) is 0 Å². The van der Waals surface area contributed by atoms with Gasteiger partial charge in [0.15, 0.2) is 0 Å². The molecule has 0 unspecified atom stereocenters. The maximum Gasteiger partial charge on any atom is 0.305 e. The number of halogens is 1. The second-order valence-corrected chi connectivity index (χ2v) is 5.38. The highest BCUT2D eigenvalue weighted by Gasteiger charge is 2.02. The van der Waals surface area contributed by atoms with Crippen LogP contribution in [0.2, 0.25) is 0 Å².